The molecular weight excluding hydrogens is 238 g/mol. The van der Waals surface area contributed by atoms with Crippen LogP contribution in [0.25, 0.3) is 0 Å². The van der Waals surface area contributed by atoms with Crippen LogP contribution in [0.5, 0.6) is 0 Å². The number of hydrogen-bond acceptors (Lipinski definition) is 4. The van der Waals surface area contributed by atoms with Crippen LogP contribution >= 0.6 is 0 Å². The van der Waals surface area contributed by atoms with Gasteiger partial charge in [-0.1, -0.05) is 0 Å². The van der Waals surface area contributed by atoms with Gasteiger partial charge in [-0.2, -0.15) is 5.10 Å². The van der Waals surface area contributed by atoms with Crippen molar-refractivity contribution in [3.63, 3.8) is 0 Å². The Hall–Kier alpha value is -1.04. The van der Waals surface area contributed by atoms with Gasteiger partial charge < -0.3 is 4.90 Å². The molecule has 3 rings (SSSR count). The Kier molecular flexibility index (Phi) is 2.61. The zero-order chi connectivity index (χ0) is 11.9. The molecule has 1 atom stereocenters. The molecule has 3 heterocycles. The van der Waals surface area contributed by atoms with Gasteiger partial charge in [-0.05, 0) is 25.2 Å². The Morgan fingerprint density at radius 1 is 1.53 bits per heavy atom. The Morgan fingerprint density at radius 3 is 3.18 bits per heavy atom. The van der Waals surface area contributed by atoms with E-state index < -0.39 is 9.84 Å². The number of fused-ring (bicyclic) bond motifs is 1. The maximum atomic E-state index is 11.4. The molecule has 0 aromatic carbocycles. The molecular formula is C11H17N3O2S. The minimum Gasteiger partial charge on any atom is -0.368 e. The van der Waals surface area contributed by atoms with Crippen LogP contribution in [0.4, 0.5) is 5.69 Å². The van der Waals surface area contributed by atoms with E-state index in [1.54, 1.807) is 0 Å². The van der Waals surface area contributed by atoms with Gasteiger partial charge in [-0.15, -0.1) is 0 Å². The molecule has 5 nitrogen and oxygen atoms in total. The Bertz CT molecular complexity index is 509. The van der Waals surface area contributed by atoms with E-state index in [2.05, 4.69) is 15.1 Å². The highest BCUT2D eigenvalue weighted by Gasteiger charge is 2.30. The summed E-state index contributed by atoms with van der Waals surface area (Å²) < 4.78 is 22.9. The standard InChI is InChI=1S/C11H17N3O2S/c15-17(16)5-3-9(8-17)7-14-4-1-2-10-11(14)6-12-13-10/h6,9H,1-5,7-8H2,(H,12,13). The smallest absolute Gasteiger partial charge is 0.150 e. The molecule has 2 aliphatic heterocycles. The molecule has 1 N–H and O–H groups in total. The van der Waals surface area contributed by atoms with Gasteiger partial charge in [0.05, 0.1) is 29.1 Å². The molecule has 2 aliphatic rings. The summed E-state index contributed by atoms with van der Waals surface area (Å²) in [5.41, 5.74) is 2.36. The van der Waals surface area contributed by atoms with Crippen LogP contribution < -0.4 is 4.90 Å². The topological polar surface area (TPSA) is 66.1 Å². The molecule has 6 heteroatoms. The monoisotopic (exact) mass is 255 g/mol. The summed E-state index contributed by atoms with van der Waals surface area (Å²) in [6.45, 7) is 1.87. The molecule has 0 bridgehead atoms. The molecule has 0 radical (unpaired) electrons. The first kappa shape index (κ1) is 11.1. The summed E-state index contributed by atoms with van der Waals surface area (Å²) in [5.74, 6) is 1.02. The number of nitrogens with one attached hydrogen (secondary N) is 1. The van der Waals surface area contributed by atoms with Gasteiger partial charge in [-0.25, -0.2) is 8.42 Å². The number of anilines is 1. The fourth-order valence-electron chi connectivity index (χ4n) is 2.85. The van der Waals surface area contributed by atoms with E-state index in [9.17, 15) is 8.42 Å². The highest BCUT2D eigenvalue weighted by molar-refractivity contribution is 7.91. The maximum Gasteiger partial charge on any atom is 0.150 e. The van der Waals surface area contributed by atoms with Gasteiger partial charge in [0.25, 0.3) is 0 Å². The molecule has 0 saturated carbocycles. The molecule has 1 unspecified atom stereocenters. The fraction of sp³-hybridized carbons (Fsp3) is 0.727. The number of aromatic nitrogens is 2. The third-order valence-electron chi connectivity index (χ3n) is 3.70. The largest absolute Gasteiger partial charge is 0.368 e. The molecule has 94 valence electrons. The van der Waals surface area contributed by atoms with Gasteiger partial charge in [0.1, 0.15) is 0 Å². The van der Waals surface area contributed by atoms with Gasteiger partial charge in [0.2, 0.25) is 0 Å². The Balaban J connectivity index is 1.72. The van der Waals surface area contributed by atoms with Crippen molar-refractivity contribution in [1.82, 2.24) is 10.2 Å². The van der Waals surface area contributed by atoms with E-state index in [1.165, 1.54) is 11.4 Å². The Morgan fingerprint density at radius 2 is 2.41 bits per heavy atom. The van der Waals surface area contributed by atoms with Crippen molar-refractivity contribution in [3.8, 4) is 0 Å². The van der Waals surface area contributed by atoms with E-state index in [4.69, 9.17) is 0 Å². The summed E-state index contributed by atoms with van der Waals surface area (Å²) in [6, 6.07) is 0. The summed E-state index contributed by atoms with van der Waals surface area (Å²) in [6.07, 6.45) is 4.84. The van der Waals surface area contributed by atoms with E-state index in [0.29, 0.717) is 17.4 Å². The Labute approximate surface area is 101 Å². The molecule has 1 aromatic heterocycles. The number of hydrogen-bond donors (Lipinski definition) is 1. The molecule has 1 saturated heterocycles. The molecule has 0 aliphatic carbocycles. The van der Waals surface area contributed by atoms with E-state index >= 15 is 0 Å². The zero-order valence-corrected chi connectivity index (χ0v) is 10.5. The third kappa shape index (κ3) is 2.18. The van der Waals surface area contributed by atoms with Gasteiger partial charge in [0, 0.05) is 13.1 Å². The number of aryl methyl sites for hydroxylation is 1. The summed E-state index contributed by atoms with van der Waals surface area (Å²) >= 11 is 0. The number of nitrogens with zero attached hydrogens (tertiary/aromatic N) is 2. The average Bonchev–Trinajstić information content (AvgIpc) is 2.85. The second kappa shape index (κ2) is 4.01. The lowest BCUT2D eigenvalue weighted by Crippen LogP contribution is -2.34. The first-order valence-corrected chi connectivity index (χ1v) is 7.94. The number of rotatable bonds is 2. The van der Waals surface area contributed by atoms with E-state index in [0.717, 1.165) is 32.4 Å². The molecule has 0 spiro atoms. The van der Waals surface area contributed by atoms with E-state index in [1.807, 2.05) is 6.20 Å². The lowest BCUT2D eigenvalue weighted by molar-refractivity contribution is 0.550. The van der Waals surface area contributed by atoms with Crippen molar-refractivity contribution in [2.75, 3.05) is 29.5 Å². The maximum absolute atomic E-state index is 11.4. The highest BCUT2D eigenvalue weighted by atomic mass is 32.2. The molecule has 0 amide bonds. The predicted octanol–water partition coefficient (Wildman–Crippen LogP) is 0.597. The first-order valence-electron chi connectivity index (χ1n) is 6.12. The van der Waals surface area contributed by atoms with Crippen LogP contribution in [0.3, 0.4) is 0 Å². The predicted molar refractivity (Wildman–Crippen MR) is 65.9 cm³/mol. The number of aromatic amines is 1. The third-order valence-corrected chi connectivity index (χ3v) is 5.53. The zero-order valence-electron chi connectivity index (χ0n) is 9.72. The van der Waals surface area contributed by atoms with Crippen LogP contribution in [0, 0.1) is 5.92 Å². The molecule has 1 aromatic rings. The highest BCUT2D eigenvalue weighted by Crippen LogP contribution is 2.28. The summed E-state index contributed by atoms with van der Waals surface area (Å²) in [7, 11) is -2.76. The van der Waals surface area contributed by atoms with Crippen molar-refractivity contribution < 1.29 is 8.42 Å². The normalized spacial score (nSPS) is 27.1. The minimum absolute atomic E-state index is 0.292. The SMILES string of the molecule is O=S1(=O)CCC(CN2CCCc3[nH]ncc32)C1. The number of H-pyrrole nitrogens is 1. The number of sulfone groups is 1. The van der Waals surface area contributed by atoms with Crippen molar-refractivity contribution in [3.05, 3.63) is 11.9 Å². The van der Waals surface area contributed by atoms with Crippen LogP contribution in [0.2, 0.25) is 0 Å². The van der Waals surface area contributed by atoms with E-state index in [-0.39, 0.29) is 0 Å². The minimum atomic E-state index is -2.76. The van der Waals surface area contributed by atoms with Crippen molar-refractivity contribution in [2.24, 2.45) is 5.92 Å². The van der Waals surface area contributed by atoms with Crippen molar-refractivity contribution in [2.45, 2.75) is 19.3 Å². The second-order valence-electron chi connectivity index (χ2n) is 5.05. The summed E-state index contributed by atoms with van der Waals surface area (Å²) in [5, 5.41) is 7.09. The lowest BCUT2D eigenvalue weighted by Gasteiger charge is -2.30. The van der Waals surface area contributed by atoms with Crippen LogP contribution in [0.15, 0.2) is 6.20 Å². The van der Waals surface area contributed by atoms with Gasteiger partial charge in [-0.3, -0.25) is 5.10 Å². The fourth-order valence-corrected chi connectivity index (χ4v) is 4.70. The lowest BCUT2D eigenvalue weighted by atomic mass is 10.0. The van der Waals surface area contributed by atoms with Crippen molar-refractivity contribution >= 4 is 15.5 Å². The second-order valence-corrected chi connectivity index (χ2v) is 7.28. The first-order chi connectivity index (χ1) is 8.14. The summed E-state index contributed by atoms with van der Waals surface area (Å²) in [4.78, 5) is 2.29. The van der Waals surface area contributed by atoms with Crippen LogP contribution in [0.1, 0.15) is 18.5 Å². The van der Waals surface area contributed by atoms with Crippen molar-refractivity contribution in [1.29, 1.82) is 0 Å². The van der Waals surface area contributed by atoms with Gasteiger partial charge >= 0.3 is 0 Å². The van der Waals surface area contributed by atoms with Gasteiger partial charge in [0.15, 0.2) is 9.84 Å². The average molecular weight is 255 g/mol. The quantitative estimate of drug-likeness (QED) is 0.840. The molecule has 17 heavy (non-hydrogen) atoms. The van der Waals surface area contributed by atoms with Crippen LogP contribution in [-0.2, 0) is 16.3 Å². The van der Waals surface area contributed by atoms with Crippen LogP contribution in [-0.4, -0.2) is 43.2 Å². The molecule has 1 fully saturated rings.